The van der Waals surface area contributed by atoms with Gasteiger partial charge >= 0.3 is 0 Å². The van der Waals surface area contributed by atoms with Crippen LogP contribution in [0.4, 0.5) is 0 Å². The fraction of sp³-hybridized carbons (Fsp3) is 0.562. The summed E-state index contributed by atoms with van der Waals surface area (Å²) in [5.74, 6) is 0.184. The highest BCUT2D eigenvalue weighted by Gasteiger charge is 2.22. The average molecular weight is 333 g/mol. The highest BCUT2D eigenvalue weighted by Crippen LogP contribution is 2.24. The molecule has 6 nitrogen and oxygen atoms in total. The fourth-order valence-electron chi connectivity index (χ4n) is 2.84. The molecule has 3 heterocycles. The summed E-state index contributed by atoms with van der Waals surface area (Å²) in [4.78, 5) is 20.2. The number of thiazole rings is 1. The predicted molar refractivity (Wildman–Crippen MR) is 91.3 cm³/mol. The van der Waals surface area contributed by atoms with Gasteiger partial charge in [-0.3, -0.25) is 4.79 Å². The molecule has 1 aliphatic heterocycles. The molecule has 0 aromatic carbocycles. The summed E-state index contributed by atoms with van der Waals surface area (Å²) in [6.07, 6.45) is 0.418. The summed E-state index contributed by atoms with van der Waals surface area (Å²) in [5.41, 5.74) is 3.99. The minimum Gasteiger partial charge on any atom is -0.340 e. The zero-order chi connectivity index (χ0) is 16.6. The van der Waals surface area contributed by atoms with Crippen molar-refractivity contribution in [2.24, 2.45) is 0 Å². The monoisotopic (exact) mass is 333 g/mol. The number of nitrogens with one attached hydrogen (secondary N) is 1. The Morgan fingerprint density at radius 2 is 1.87 bits per heavy atom. The predicted octanol–water partition coefficient (Wildman–Crippen LogP) is 1.54. The summed E-state index contributed by atoms with van der Waals surface area (Å²) in [6, 6.07) is 0. The van der Waals surface area contributed by atoms with Crippen molar-refractivity contribution in [2.45, 2.75) is 34.1 Å². The van der Waals surface area contributed by atoms with E-state index >= 15 is 0 Å². The first kappa shape index (κ1) is 16.1. The molecule has 7 heteroatoms. The first-order chi connectivity index (χ1) is 11.0. The van der Waals surface area contributed by atoms with Gasteiger partial charge in [0.05, 0.1) is 17.8 Å². The van der Waals surface area contributed by atoms with Crippen LogP contribution in [0.2, 0.25) is 0 Å². The summed E-state index contributed by atoms with van der Waals surface area (Å²) in [7, 11) is 0. The number of aromatic nitrogens is 3. The van der Waals surface area contributed by atoms with E-state index in [1.54, 1.807) is 11.3 Å². The van der Waals surface area contributed by atoms with E-state index < -0.39 is 0 Å². The van der Waals surface area contributed by atoms with Gasteiger partial charge in [0.25, 0.3) is 0 Å². The third-order valence-corrected chi connectivity index (χ3v) is 5.49. The molecule has 2 aromatic heterocycles. The fourth-order valence-corrected chi connectivity index (χ4v) is 3.75. The Kier molecular flexibility index (Phi) is 4.50. The minimum absolute atomic E-state index is 0.184. The van der Waals surface area contributed by atoms with E-state index in [2.05, 4.69) is 22.3 Å². The lowest BCUT2D eigenvalue weighted by atomic mass is 10.1. The molecule has 23 heavy (non-hydrogen) atoms. The third kappa shape index (κ3) is 3.16. The van der Waals surface area contributed by atoms with Crippen molar-refractivity contribution in [3.8, 4) is 5.13 Å². The van der Waals surface area contributed by atoms with Gasteiger partial charge in [-0.15, -0.1) is 0 Å². The van der Waals surface area contributed by atoms with E-state index in [0.29, 0.717) is 6.42 Å². The van der Waals surface area contributed by atoms with Gasteiger partial charge in [-0.05, 0) is 27.7 Å². The Labute approximate surface area is 140 Å². The number of hydrogen-bond donors (Lipinski definition) is 1. The summed E-state index contributed by atoms with van der Waals surface area (Å²) >= 11 is 1.64. The first-order valence-electron chi connectivity index (χ1n) is 7.95. The van der Waals surface area contributed by atoms with Crippen LogP contribution in [0.15, 0.2) is 0 Å². The zero-order valence-corrected chi connectivity index (χ0v) is 15.0. The smallest absolute Gasteiger partial charge is 0.227 e. The SMILES string of the molecule is Cc1nc(-n2nc(C)c(CC(=O)N3CCNCC3)c2C)sc1C. The second-order valence-corrected chi connectivity index (χ2v) is 7.19. The van der Waals surface area contributed by atoms with Crippen molar-refractivity contribution in [1.29, 1.82) is 0 Å². The maximum Gasteiger partial charge on any atom is 0.227 e. The summed E-state index contributed by atoms with van der Waals surface area (Å²) < 4.78 is 1.88. The number of hydrogen-bond acceptors (Lipinski definition) is 5. The Balaban J connectivity index is 1.84. The van der Waals surface area contributed by atoms with E-state index in [1.165, 1.54) is 4.88 Å². The largest absolute Gasteiger partial charge is 0.340 e. The molecule has 0 saturated carbocycles. The van der Waals surface area contributed by atoms with Crippen LogP contribution in [0.1, 0.15) is 27.5 Å². The van der Waals surface area contributed by atoms with Gasteiger partial charge in [0.15, 0.2) is 0 Å². The zero-order valence-electron chi connectivity index (χ0n) is 14.1. The molecule has 0 atom stereocenters. The van der Waals surface area contributed by atoms with Crippen LogP contribution in [0.5, 0.6) is 0 Å². The molecule has 124 valence electrons. The van der Waals surface area contributed by atoms with Crippen LogP contribution in [-0.4, -0.2) is 51.8 Å². The van der Waals surface area contributed by atoms with Gasteiger partial charge in [-0.1, -0.05) is 11.3 Å². The second-order valence-electron chi connectivity index (χ2n) is 6.01. The molecule has 0 unspecified atom stereocenters. The van der Waals surface area contributed by atoms with Gasteiger partial charge in [0, 0.05) is 42.3 Å². The number of piperazine rings is 1. The third-order valence-electron chi connectivity index (χ3n) is 4.44. The molecule has 0 radical (unpaired) electrons. The molecule has 1 amide bonds. The highest BCUT2D eigenvalue weighted by atomic mass is 32.1. The van der Waals surface area contributed by atoms with Gasteiger partial charge < -0.3 is 10.2 Å². The van der Waals surface area contributed by atoms with Crippen LogP contribution in [0.25, 0.3) is 5.13 Å². The lowest BCUT2D eigenvalue weighted by Gasteiger charge is -2.27. The molecule has 1 fully saturated rings. The van der Waals surface area contributed by atoms with Crippen LogP contribution in [-0.2, 0) is 11.2 Å². The lowest BCUT2D eigenvalue weighted by Crippen LogP contribution is -2.47. The molecule has 0 spiro atoms. The van der Waals surface area contributed by atoms with E-state index in [1.807, 2.05) is 30.4 Å². The molecular weight excluding hydrogens is 310 g/mol. The molecule has 0 aliphatic carbocycles. The standard InChI is InChI=1S/C16H23N5OS/c1-10-13(4)23-16(18-10)21-12(3)14(11(2)19-21)9-15(22)20-7-5-17-6-8-20/h17H,5-9H2,1-4H3. The van der Waals surface area contributed by atoms with Crippen LogP contribution < -0.4 is 5.32 Å². The number of aryl methyl sites for hydroxylation is 3. The summed E-state index contributed by atoms with van der Waals surface area (Å²) in [5, 5.41) is 8.76. The van der Waals surface area contributed by atoms with Gasteiger partial charge in [0.2, 0.25) is 11.0 Å². The van der Waals surface area contributed by atoms with Crippen molar-refractivity contribution in [2.75, 3.05) is 26.2 Å². The van der Waals surface area contributed by atoms with Crippen molar-refractivity contribution in [1.82, 2.24) is 25.0 Å². The van der Waals surface area contributed by atoms with Crippen molar-refractivity contribution in [3.63, 3.8) is 0 Å². The number of nitrogens with zero attached hydrogens (tertiary/aromatic N) is 4. The van der Waals surface area contributed by atoms with Gasteiger partial charge in [-0.2, -0.15) is 5.10 Å². The molecule has 1 N–H and O–H groups in total. The van der Waals surface area contributed by atoms with Crippen molar-refractivity contribution in [3.05, 3.63) is 27.5 Å². The maximum absolute atomic E-state index is 12.5. The Hall–Kier alpha value is -1.73. The van der Waals surface area contributed by atoms with E-state index in [-0.39, 0.29) is 5.91 Å². The van der Waals surface area contributed by atoms with Crippen LogP contribution in [0.3, 0.4) is 0 Å². The Morgan fingerprint density at radius 3 is 2.48 bits per heavy atom. The molecule has 0 bridgehead atoms. The topological polar surface area (TPSA) is 63.1 Å². The lowest BCUT2D eigenvalue weighted by molar-refractivity contribution is -0.131. The number of carbonyl (C=O) groups excluding carboxylic acids is 1. The molecule has 3 rings (SSSR count). The molecular formula is C16H23N5OS. The summed E-state index contributed by atoms with van der Waals surface area (Å²) in [6.45, 7) is 11.4. The van der Waals surface area contributed by atoms with Crippen molar-refractivity contribution < 1.29 is 4.79 Å². The number of carbonyl (C=O) groups is 1. The van der Waals surface area contributed by atoms with Gasteiger partial charge in [-0.25, -0.2) is 9.67 Å². The Morgan fingerprint density at radius 1 is 1.17 bits per heavy atom. The maximum atomic E-state index is 12.5. The normalized spacial score (nSPS) is 15.2. The number of amides is 1. The second kappa shape index (κ2) is 6.41. The molecule has 1 aliphatic rings. The quantitative estimate of drug-likeness (QED) is 0.925. The highest BCUT2D eigenvalue weighted by molar-refractivity contribution is 7.14. The molecule has 2 aromatic rings. The van der Waals surface area contributed by atoms with E-state index in [4.69, 9.17) is 0 Å². The van der Waals surface area contributed by atoms with Crippen LogP contribution >= 0.6 is 11.3 Å². The minimum atomic E-state index is 0.184. The Bertz CT molecular complexity index is 708. The number of rotatable bonds is 3. The van der Waals surface area contributed by atoms with Crippen LogP contribution in [0, 0.1) is 27.7 Å². The first-order valence-corrected chi connectivity index (χ1v) is 8.77. The van der Waals surface area contributed by atoms with Gasteiger partial charge in [0.1, 0.15) is 0 Å². The average Bonchev–Trinajstić information content (AvgIpc) is 3.02. The van der Waals surface area contributed by atoms with Crippen molar-refractivity contribution >= 4 is 17.2 Å². The van der Waals surface area contributed by atoms with E-state index in [9.17, 15) is 4.79 Å². The molecule has 1 saturated heterocycles. The van der Waals surface area contributed by atoms with E-state index in [0.717, 1.165) is 54.0 Å².